The quantitative estimate of drug-likeness (QED) is 0.630. The molecule has 0 N–H and O–H groups in total. The summed E-state index contributed by atoms with van der Waals surface area (Å²) in [6.07, 6.45) is 1.11. The van der Waals surface area contributed by atoms with Gasteiger partial charge in [-0.25, -0.2) is 8.42 Å². The molecule has 0 bridgehead atoms. The number of carbonyl (C=O) groups is 1. The van der Waals surface area contributed by atoms with Crippen molar-refractivity contribution in [2.75, 3.05) is 11.4 Å². The van der Waals surface area contributed by atoms with Crippen molar-refractivity contribution in [3.05, 3.63) is 72.8 Å². The molecule has 0 radical (unpaired) electrons. The third-order valence-electron chi connectivity index (χ3n) is 3.10. The topological polar surface area (TPSA) is 54.5 Å². The van der Waals surface area contributed by atoms with E-state index in [-0.39, 0.29) is 10.5 Å². The standard InChI is InChI=1S/C16H15NO3S/c1-3-15(18)14-11-7-8-12-16(14)21(19,20)17(2)13-9-5-4-6-10-13/h3-12H,1H2,2H3. The lowest BCUT2D eigenvalue weighted by Gasteiger charge is -2.20. The van der Waals surface area contributed by atoms with Crippen molar-refractivity contribution in [2.24, 2.45) is 0 Å². The summed E-state index contributed by atoms with van der Waals surface area (Å²) >= 11 is 0. The van der Waals surface area contributed by atoms with E-state index < -0.39 is 15.8 Å². The molecule has 0 aromatic heterocycles. The summed E-state index contributed by atoms with van der Waals surface area (Å²) in [6.45, 7) is 3.41. The van der Waals surface area contributed by atoms with Crippen molar-refractivity contribution in [1.29, 1.82) is 0 Å². The maximum absolute atomic E-state index is 12.7. The van der Waals surface area contributed by atoms with Gasteiger partial charge in [-0.15, -0.1) is 0 Å². The van der Waals surface area contributed by atoms with Crippen molar-refractivity contribution in [1.82, 2.24) is 0 Å². The average molecular weight is 301 g/mol. The van der Waals surface area contributed by atoms with E-state index in [1.807, 2.05) is 0 Å². The van der Waals surface area contributed by atoms with Gasteiger partial charge in [0.25, 0.3) is 10.0 Å². The third-order valence-corrected chi connectivity index (χ3v) is 4.94. The first-order valence-corrected chi connectivity index (χ1v) is 7.72. The molecule has 0 fully saturated rings. The van der Waals surface area contributed by atoms with Crippen molar-refractivity contribution >= 4 is 21.5 Å². The summed E-state index contributed by atoms with van der Waals surface area (Å²) < 4.78 is 26.6. The molecule has 0 aliphatic carbocycles. The van der Waals surface area contributed by atoms with Crippen molar-refractivity contribution in [2.45, 2.75) is 4.90 Å². The number of nitrogens with zero attached hydrogens (tertiary/aromatic N) is 1. The lowest BCUT2D eigenvalue weighted by Crippen LogP contribution is -2.27. The van der Waals surface area contributed by atoms with E-state index in [2.05, 4.69) is 6.58 Å². The summed E-state index contributed by atoms with van der Waals surface area (Å²) in [6, 6.07) is 14.8. The van der Waals surface area contributed by atoms with Crippen molar-refractivity contribution in [3.63, 3.8) is 0 Å². The lowest BCUT2D eigenvalue weighted by molar-refractivity contribution is 0.104. The summed E-state index contributed by atoms with van der Waals surface area (Å²) in [4.78, 5) is 11.8. The summed E-state index contributed by atoms with van der Waals surface area (Å²) in [5.74, 6) is -0.421. The Morgan fingerprint density at radius 1 is 1.05 bits per heavy atom. The smallest absolute Gasteiger partial charge is 0.264 e. The van der Waals surface area contributed by atoms with Crippen LogP contribution in [0.2, 0.25) is 0 Å². The predicted octanol–water partition coefficient (Wildman–Crippen LogP) is 2.88. The van der Waals surface area contributed by atoms with E-state index in [0.29, 0.717) is 5.69 Å². The van der Waals surface area contributed by atoms with Gasteiger partial charge in [0, 0.05) is 12.6 Å². The van der Waals surface area contributed by atoms with Crippen LogP contribution in [0.4, 0.5) is 5.69 Å². The molecule has 2 aromatic rings. The molecule has 0 aliphatic heterocycles. The fraction of sp³-hybridized carbons (Fsp3) is 0.0625. The van der Waals surface area contributed by atoms with Crippen LogP contribution in [-0.2, 0) is 10.0 Å². The Hall–Kier alpha value is -2.40. The first-order chi connectivity index (χ1) is 9.98. The van der Waals surface area contributed by atoms with Crippen LogP contribution in [0.1, 0.15) is 10.4 Å². The van der Waals surface area contributed by atoms with E-state index in [9.17, 15) is 13.2 Å². The molecule has 5 heteroatoms. The monoisotopic (exact) mass is 301 g/mol. The highest BCUT2D eigenvalue weighted by Gasteiger charge is 2.25. The van der Waals surface area contributed by atoms with E-state index in [1.54, 1.807) is 42.5 Å². The van der Waals surface area contributed by atoms with E-state index in [4.69, 9.17) is 0 Å². The zero-order valence-electron chi connectivity index (χ0n) is 11.6. The molecule has 0 amide bonds. The third kappa shape index (κ3) is 2.87. The second kappa shape index (κ2) is 5.93. The average Bonchev–Trinajstić information content (AvgIpc) is 2.54. The van der Waals surface area contributed by atoms with Gasteiger partial charge in [0.05, 0.1) is 10.6 Å². The number of allylic oxidation sites excluding steroid dienone is 1. The zero-order chi connectivity index (χ0) is 15.5. The number of sulfonamides is 1. The Morgan fingerprint density at radius 3 is 2.24 bits per heavy atom. The number of ketones is 1. The Bertz CT molecular complexity index is 767. The normalized spacial score (nSPS) is 10.9. The molecular formula is C16H15NO3S. The zero-order valence-corrected chi connectivity index (χ0v) is 12.4. The van der Waals surface area contributed by atoms with Gasteiger partial charge in [0.1, 0.15) is 0 Å². The molecular weight excluding hydrogens is 286 g/mol. The van der Waals surface area contributed by atoms with E-state index in [1.165, 1.54) is 19.2 Å². The number of anilines is 1. The predicted molar refractivity (Wildman–Crippen MR) is 83.0 cm³/mol. The molecule has 0 atom stereocenters. The number of carbonyl (C=O) groups excluding carboxylic acids is 1. The van der Waals surface area contributed by atoms with Gasteiger partial charge in [-0.3, -0.25) is 9.10 Å². The first kappa shape index (κ1) is 15.0. The molecule has 2 aromatic carbocycles. The highest BCUT2D eigenvalue weighted by molar-refractivity contribution is 7.92. The summed E-state index contributed by atoms with van der Waals surface area (Å²) in [5.41, 5.74) is 0.647. The van der Waals surface area contributed by atoms with Crippen LogP contribution < -0.4 is 4.31 Å². The van der Waals surface area contributed by atoms with E-state index >= 15 is 0 Å². The second-order valence-corrected chi connectivity index (χ2v) is 6.31. The van der Waals surface area contributed by atoms with Crippen LogP contribution in [0.25, 0.3) is 0 Å². The number of hydrogen-bond acceptors (Lipinski definition) is 3. The number of para-hydroxylation sites is 1. The Morgan fingerprint density at radius 2 is 1.62 bits per heavy atom. The van der Waals surface area contributed by atoms with Gasteiger partial charge in [-0.1, -0.05) is 36.9 Å². The molecule has 0 spiro atoms. The molecule has 0 aliphatic rings. The lowest BCUT2D eigenvalue weighted by atomic mass is 10.1. The number of hydrogen-bond donors (Lipinski definition) is 0. The van der Waals surface area contributed by atoms with Crippen LogP contribution in [0, 0.1) is 0 Å². The van der Waals surface area contributed by atoms with Crippen LogP contribution in [0.3, 0.4) is 0 Å². The molecule has 0 heterocycles. The number of benzene rings is 2. The molecule has 0 saturated carbocycles. The second-order valence-electron chi connectivity index (χ2n) is 4.37. The van der Waals surface area contributed by atoms with Crippen molar-refractivity contribution in [3.8, 4) is 0 Å². The maximum Gasteiger partial charge on any atom is 0.264 e. The highest BCUT2D eigenvalue weighted by Crippen LogP contribution is 2.24. The molecule has 0 unspecified atom stereocenters. The van der Waals surface area contributed by atoms with Crippen LogP contribution >= 0.6 is 0 Å². The minimum atomic E-state index is -3.81. The van der Waals surface area contributed by atoms with Gasteiger partial charge in [-0.2, -0.15) is 0 Å². The molecule has 4 nitrogen and oxygen atoms in total. The van der Waals surface area contributed by atoms with E-state index in [0.717, 1.165) is 10.4 Å². The summed E-state index contributed by atoms with van der Waals surface area (Å²) in [7, 11) is -2.35. The molecule has 0 saturated heterocycles. The maximum atomic E-state index is 12.7. The van der Waals surface area contributed by atoms with Crippen LogP contribution in [0.5, 0.6) is 0 Å². The highest BCUT2D eigenvalue weighted by atomic mass is 32.2. The van der Waals surface area contributed by atoms with Crippen LogP contribution in [-0.4, -0.2) is 21.2 Å². The Kier molecular flexibility index (Phi) is 4.23. The fourth-order valence-electron chi connectivity index (χ4n) is 1.93. The molecule has 108 valence electrons. The summed E-state index contributed by atoms with van der Waals surface area (Å²) in [5, 5.41) is 0. The molecule has 2 rings (SSSR count). The van der Waals surface area contributed by atoms with Gasteiger partial charge in [0.15, 0.2) is 5.78 Å². The van der Waals surface area contributed by atoms with Gasteiger partial charge in [-0.05, 0) is 30.3 Å². The largest absolute Gasteiger partial charge is 0.289 e. The molecule has 21 heavy (non-hydrogen) atoms. The van der Waals surface area contributed by atoms with Crippen LogP contribution in [0.15, 0.2) is 72.1 Å². The Labute approximate surface area is 124 Å². The Balaban J connectivity index is 2.55. The van der Waals surface area contributed by atoms with Gasteiger partial charge in [0.2, 0.25) is 0 Å². The first-order valence-electron chi connectivity index (χ1n) is 6.28. The van der Waals surface area contributed by atoms with Gasteiger partial charge < -0.3 is 0 Å². The fourth-order valence-corrected chi connectivity index (χ4v) is 3.32. The van der Waals surface area contributed by atoms with Gasteiger partial charge >= 0.3 is 0 Å². The SMILES string of the molecule is C=CC(=O)c1ccccc1S(=O)(=O)N(C)c1ccccc1. The number of rotatable bonds is 5. The minimum Gasteiger partial charge on any atom is -0.289 e. The minimum absolute atomic E-state index is 0.0266. The van der Waals surface area contributed by atoms with Crippen molar-refractivity contribution < 1.29 is 13.2 Å².